The minimum absolute atomic E-state index is 0.276. The van der Waals surface area contributed by atoms with Crippen molar-refractivity contribution in [1.82, 2.24) is 4.90 Å². The monoisotopic (exact) mass is 341 g/mol. The van der Waals surface area contributed by atoms with Crippen LogP contribution in [0.4, 0.5) is 0 Å². The molecule has 0 amide bonds. The van der Waals surface area contributed by atoms with Crippen LogP contribution >= 0.6 is 0 Å². The Kier molecular flexibility index (Phi) is 6.45. The van der Waals surface area contributed by atoms with Gasteiger partial charge < -0.3 is 19.8 Å². The molecule has 0 bridgehead atoms. The number of benzene rings is 2. The molecule has 0 spiro atoms. The molecule has 1 heterocycles. The molecule has 1 aliphatic rings. The van der Waals surface area contributed by atoms with Crippen molar-refractivity contribution < 1.29 is 14.9 Å². The van der Waals surface area contributed by atoms with E-state index in [1.807, 2.05) is 42.5 Å². The Hall–Kier alpha value is -1.88. The summed E-state index contributed by atoms with van der Waals surface area (Å²) in [5, 5.41) is 19.4. The third-order valence-corrected chi connectivity index (χ3v) is 4.84. The van der Waals surface area contributed by atoms with Crippen LogP contribution in [0, 0.1) is 5.92 Å². The number of ether oxygens (including phenoxy) is 1. The predicted molar refractivity (Wildman–Crippen MR) is 99.6 cm³/mol. The molecule has 2 N–H and O–H groups in total. The molecule has 0 radical (unpaired) electrons. The zero-order chi connectivity index (χ0) is 17.5. The van der Waals surface area contributed by atoms with Crippen LogP contribution in [-0.4, -0.2) is 54.1 Å². The van der Waals surface area contributed by atoms with Gasteiger partial charge in [0.05, 0.1) is 0 Å². The third-order valence-electron chi connectivity index (χ3n) is 4.84. The number of nitrogens with zero attached hydrogens (tertiary/aromatic N) is 1. The lowest BCUT2D eigenvalue weighted by atomic mass is 9.98. The lowest BCUT2D eigenvalue weighted by Crippen LogP contribution is -2.41. The van der Waals surface area contributed by atoms with E-state index in [9.17, 15) is 10.2 Å². The van der Waals surface area contributed by atoms with Gasteiger partial charge in [0.2, 0.25) is 0 Å². The Morgan fingerprint density at radius 3 is 2.24 bits per heavy atom. The van der Waals surface area contributed by atoms with Gasteiger partial charge in [0.25, 0.3) is 0 Å². The topological polar surface area (TPSA) is 52.9 Å². The van der Waals surface area contributed by atoms with Crippen molar-refractivity contribution in [2.45, 2.75) is 18.9 Å². The van der Waals surface area contributed by atoms with Crippen LogP contribution in [0.5, 0.6) is 5.75 Å². The molecular formula is C21H27NO3. The number of hydrogen-bond donors (Lipinski definition) is 2. The summed E-state index contributed by atoms with van der Waals surface area (Å²) in [4.78, 5) is 2.25. The minimum atomic E-state index is -0.500. The fourth-order valence-electron chi connectivity index (χ4n) is 3.27. The Labute approximate surface area is 149 Å². The first-order valence-corrected chi connectivity index (χ1v) is 9.04. The van der Waals surface area contributed by atoms with Crippen LogP contribution in [0.3, 0.4) is 0 Å². The van der Waals surface area contributed by atoms with Gasteiger partial charge in [-0.2, -0.15) is 0 Å². The maximum Gasteiger partial charge on any atom is 0.119 e. The van der Waals surface area contributed by atoms with Crippen molar-refractivity contribution in [1.29, 1.82) is 0 Å². The fourth-order valence-corrected chi connectivity index (χ4v) is 3.27. The lowest BCUT2D eigenvalue weighted by molar-refractivity contribution is 0.0489. The molecule has 1 fully saturated rings. The number of piperidine rings is 1. The average molecular weight is 341 g/mol. The van der Waals surface area contributed by atoms with Crippen LogP contribution in [0.1, 0.15) is 12.8 Å². The van der Waals surface area contributed by atoms with E-state index >= 15 is 0 Å². The number of rotatable bonds is 7. The first kappa shape index (κ1) is 17.9. The first-order valence-electron chi connectivity index (χ1n) is 9.04. The molecule has 4 heteroatoms. The number of hydrogen-bond acceptors (Lipinski definition) is 4. The highest BCUT2D eigenvalue weighted by Gasteiger charge is 2.20. The Morgan fingerprint density at radius 1 is 0.960 bits per heavy atom. The van der Waals surface area contributed by atoms with E-state index in [4.69, 9.17) is 4.74 Å². The zero-order valence-corrected chi connectivity index (χ0v) is 14.6. The maximum atomic E-state index is 10.2. The second kappa shape index (κ2) is 8.99. The molecule has 134 valence electrons. The molecule has 0 aliphatic carbocycles. The van der Waals surface area contributed by atoms with E-state index < -0.39 is 6.10 Å². The predicted octanol–water partition coefficient (Wildman–Crippen LogP) is 2.80. The Balaban J connectivity index is 1.44. The lowest BCUT2D eigenvalue weighted by Gasteiger charge is -2.32. The van der Waals surface area contributed by atoms with Crippen molar-refractivity contribution >= 4 is 0 Å². The van der Waals surface area contributed by atoms with E-state index in [0.29, 0.717) is 19.1 Å². The first-order chi connectivity index (χ1) is 12.2. The van der Waals surface area contributed by atoms with Crippen LogP contribution in [0.15, 0.2) is 54.6 Å². The van der Waals surface area contributed by atoms with Gasteiger partial charge in [0.15, 0.2) is 0 Å². The SMILES string of the molecule is OCC1CCN(CC(O)COc2ccc(-c3ccccc3)cc2)CC1. The van der Waals surface area contributed by atoms with E-state index in [1.54, 1.807) is 0 Å². The van der Waals surface area contributed by atoms with Crippen LogP contribution in [0.25, 0.3) is 11.1 Å². The Bertz CT molecular complexity index is 621. The molecule has 1 unspecified atom stereocenters. The summed E-state index contributed by atoms with van der Waals surface area (Å²) in [5.74, 6) is 1.20. The third kappa shape index (κ3) is 5.30. The van der Waals surface area contributed by atoms with Gasteiger partial charge in [-0.25, -0.2) is 0 Å². The molecule has 0 aromatic heterocycles. The van der Waals surface area contributed by atoms with Gasteiger partial charge in [0, 0.05) is 13.2 Å². The highest BCUT2D eigenvalue weighted by molar-refractivity contribution is 5.63. The smallest absolute Gasteiger partial charge is 0.119 e. The summed E-state index contributed by atoms with van der Waals surface area (Å²) >= 11 is 0. The zero-order valence-electron chi connectivity index (χ0n) is 14.6. The van der Waals surface area contributed by atoms with E-state index in [1.165, 1.54) is 5.56 Å². The summed E-state index contributed by atoms with van der Waals surface area (Å²) < 4.78 is 5.73. The largest absolute Gasteiger partial charge is 0.491 e. The van der Waals surface area contributed by atoms with Crippen LogP contribution < -0.4 is 4.74 Å². The molecule has 3 rings (SSSR count). The molecule has 1 atom stereocenters. The standard InChI is InChI=1S/C21H27NO3/c23-15-17-10-12-22(13-11-17)14-20(24)16-25-21-8-6-19(7-9-21)18-4-2-1-3-5-18/h1-9,17,20,23-24H,10-16H2. The van der Waals surface area contributed by atoms with Crippen LogP contribution in [-0.2, 0) is 0 Å². The van der Waals surface area contributed by atoms with Gasteiger partial charge in [-0.3, -0.25) is 0 Å². The van der Waals surface area contributed by atoms with Crippen molar-refractivity contribution in [2.24, 2.45) is 5.92 Å². The number of likely N-dealkylation sites (tertiary alicyclic amines) is 1. The van der Waals surface area contributed by atoms with E-state index in [0.717, 1.165) is 37.2 Å². The maximum absolute atomic E-state index is 10.2. The number of aliphatic hydroxyl groups excluding tert-OH is 2. The summed E-state index contributed by atoms with van der Waals surface area (Å²) in [6, 6.07) is 18.2. The van der Waals surface area contributed by atoms with Gasteiger partial charge >= 0.3 is 0 Å². The molecule has 25 heavy (non-hydrogen) atoms. The summed E-state index contributed by atoms with van der Waals surface area (Å²) in [6.45, 7) is 3.07. The van der Waals surface area contributed by atoms with Crippen molar-refractivity contribution in [3.8, 4) is 16.9 Å². The summed E-state index contributed by atoms with van der Waals surface area (Å²) in [5.41, 5.74) is 2.33. The average Bonchev–Trinajstić information content (AvgIpc) is 2.68. The van der Waals surface area contributed by atoms with Crippen LogP contribution in [0.2, 0.25) is 0 Å². The number of aliphatic hydroxyl groups is 2. The van der Waals surface area contributed by atoms with E-state index in [-0.39, 0.29) is 6.61 Å². The second-order valence-electron chi connectivity index (χ2n) is 6.78. The molecule has 1 aliphatic heterocycles. The second-order valence-corrected chi connectivity index (χ2v) is 6.78. The molecule has 2 aromatic carbocycles. The molecule has 4 nitrogen and oxygen atoms in total. The quantitative estimate of drug-likeness (QED) is 0.813. The highest BCUT2D eigenvalue weighted by Crippen LogP contribution is 2.22. The van der Waals surface area contributed by atoms with Crippen molar-refractivity contribution in [2.75, 3.05) is 32.8 Å². The molecule has 1 saturated heterocycles. The van der Waals surface area contributed by atoms with Crippen molar-refractivity contribution in [3.63, 3.8) is 0 Å². The van der Waals surface area contributed by atoms with Gasteiger partial charge in [-0.15, -0.1) is 0 Å². The normalized spacial score (nSPS) is 17.4. The van der Waals surface area contributed by atoms with Gasteiger partial charge in [-0.1, -0.05) is 42.5 Å². The minimum Gasteiger partial charge on any atom is -0.491 e. The van der Waals surface area contributed by atoms with Crippen molar-refractivity contribution in [3.05, 3.63) is 54.6 Å². The van der Waals surface area contributed by atoms with Gasteiger partial charge in [0.1, 0.15) is 18.5 Å². The highest BCUT2D eigenvalue weighted by atomic mass is 16.5. The summed E-state index contributed by atoms with van der Waals surface area (Å²) in [6.07, 6.45) is 1.51. The molecule has 0 saturated carbocycles. The fraction of sp³-hybridized carbons (Fsp3) is 0.429. The Morgan fingerprint density at radius 2 is 1.60 bits per heavy atom. The molecular weight excluding hydrogens is 314 g/mol. The van der Waals surface area contributed by atoms with Gasteiger partial charge in [-0.05, 0) is 55.1 Å². The molecule has 2 aromatic rings. The summed E-state index contributed by atoms with van der Waals surface area (Å²) in [7, 11) is 0. The number of β-amino-alcohol motifs (C(OH)–C–C–N with tert-alkyl or cyclic N) is 1. The van der Waals surface area contributed by atoms with E-state index in [2.05, 4.69) is 17.0 Å².